The molecule has 1 aromatic heterocycles. The van der Waals surface area contributed by atoms with E-state index in [-0.39, 0.29) is 5.91 Å². The van der Waals surface area contributed by atoms with Gasteiger partial charge in [0.25, 0.3) is 5.91 Å². The van der Waals surface area contributed by atoms with Crippen LogP contribution >= 0.6 is 0 Å². The van der Waals surface area contributed by atoms with E-state index in [0.29, 0.717) is 24.5 Å². The van der Waals surface area contributed by atoms with Gasteiger partial charge in [-0.05, 0) is 55.0 Å². The Morgan fingerprint density at radius 2 is 1.75 bits per heavy atom. The number of rotatable bonds is 8. The van der Waals surface area contributed by atoms with Crippen molar-refractivity contribution in [1.82, 2.24) is 4.98 Å². The molecule has 3 aromatic rings. The summed E-state index contributed by atoms with van der Waals surface area (Å²) in [5.41, 5.74) is 2.42. The molecule has 0 aliphatic heterocycles. The molecule has 2 N–H and O–H groups in total. The van der Waals surface area contributed by atoms with Crippen molar-refractivity contribution in [2.45, 2.75) is 6.92 Å². The minimum atomic E-state index is -0.167. The van der Waals surface area contributed by atoms with Crippen molar-refractivity contribution in [3.63, 3.8) is 0 Å². The normalized spacial score (nSPS) is 10.2. The van der Waals surface area contributed by atoms with E-state index in [1.807, 2.05) is 55.5 Å². The average molecular weight is 377 g/mol. The van der Waals surface area contributed by atoms with E-state index in [2.05, 4.69) is 15.6 Å². The fourth-order valence-corrected chi connectivity index (χ4v) is 2.62. The van der Waals surface area contributed by atoms with Crippen LogP contribution in [-0.4, -0.2) is 31.2 Å². The zero-order chi connectivity index (χ0) is 19.8. The number of amides is 1. The standard InChI is InChI=1S/C22H23N3O3/c1-16-5-3-4-6-20(16)22(26)25-21-12-7-17(15-24-21)23-13-14-28-19-10-8-18(27-2)9-11-19/h3-12,15,23H,13-14H2,1-2H3,(H,24,25,26). The number of carbonyl (C=O) groups is 1. The van der Waals surface area contributed by atoms with Crippen LogP contribution < -0.4 is 20.1 Å². The molecule has 2 aromatic carbocycles. The molecule has 0 radical (unpaired) electrons. The SMILES string of the molecule is COc1ccc(OCCNc2ccc(NC(=O)c3ccccc3C)nc2)cc1. The summed E-state index contributed by atoms with van der Waals surface area (Å²) < 4.78 is 10.8. The number of benzene rings is 2. The fraction of sp³-hybridized carbons (Fsp3) is 0.182. The summed E-state index contributed by atoms with van der Waals surface area (Å²) >= 11 is 0. The van der Waals surface area contributed by atoms with Crippen LogP contribution in [0.2, 0.25) is 0 Å². The summed E-state index contributed by atoms with van der Waals surface area (Å²) in [7, 11) is 1.63. The van der Waals surface area contributed by atoms with Crippen molar-refractivity contribution in [2.24, 2.45) is 0 Å². The van der Waals surface area contributed by atoms with Gasteiger partial charge in [0.1, 0.15) is 23.9 Å². The average Bonchev–Trinajstić information content (AvgIpc) is 2.73. The van der Waals surface area contributed by atoms with Crippen molar-refractivity contribution in [2.75, 3.05) is 30.9 Å². The lowest BCUT2D eigenvalue weighted by atomic mass is 10.1. The Balaban J connectivity index is 1.45. The molecule has 0 fully saturated rings. The van der Waals surface area contributed by atoms with Gasteiger partial charge in [-0.1, -0.05) is 18.2 Å². The smallest absolute Gasteiger partial charge is 0.257 e. The lowest BCUT2D eigenvalue weighted by Crippen LogP contribution is -2.14. The predicted molar refractivity (Wildman–Crippen MR) is 110 cm³/mol. The van der Waals surface area contributed by atoms with Crippen LogP contribution in [0.25, 0.3) is 0 Å². The Kier molecular flexibility index (Phi) is 6.46. The second-order valence-electron chi connectivity index (χ2n) is 6.15. The van der Waals surface area contributed by atoms with E-state index in [9.17, 15) is 4.79 Å². The summed E-state index contributed by atoms with van der Waals surface area (Å²) in [6, 6.07) is 18.5. The van der Waals surface area contributed by atoms with Crippen molar-refractivity contribution in [3.8, 4) is 11.5 Å². The Bertz CT molecular complexity index is 909. The maximum atomic E-state index is 12.3. The predicted octanol–water partition coefficient (Wildman–Crippen LogP) is 4.14. The molecule has 0 aliphatic rings. The summed E-state index contributed by atoms with van der Waals surface area (Å²) in [5.74, 6) is 1.92. The first-order chi connectivity index (χ1) is 13.7. The molecule has 28 heavy (non-hydrogen) atoms. The highest BCUT2D eigenvalue weighted by Crippen LogP contribution is 2.17. The number of anilines is 2. The minimum absolute atomic E-state index is 0.167. The van der Waals surface area contributed by atoms with Crippen LogP contribution in [0.1, 0.15) is 15.9 Å². The maximum Gasteiger partial charge on any atom is 0.257 e. The first-order valence-electron chi connectivity index (χ1n) is 8.99. The number of hydrogen-bond acceptors (Lipinski definition) is 5. The number of nitrogens with one attached hydrogen (secondary N) is 2. The van der Waals surface area contributed by atoms with E-state index >= 15 is 0 Å². The topological polar surface area (TPSA) is 72.5 Å². The maximum absolute atomic E-state index is 12.3. The molecule has 0 saturated heterocycles. The Morgan fingerprint density at radius 3 is 2.43 bits per heavy atom. The molecule has 0 atom stereocenters. The molecule has 144 valence electrons. The van der Waals surface area contributed by atoms with Gasteiger partial charge in [0.15, 0.2) is 0 Å². The number of carbonyl (C=O) groups excluding carboxylic acids is 1. The highest BCUT2D eigenvalue weighted by molar-refractivity contribution is 6.04. The van der Waals surface area contributed by atoms with Crippen LogP contribution in [-0.2, 0) is 0 Å². The van der Waals surface area contributed by atoms with Gasteiger partial charge in [0.2, 0.25) is 0 Å². The number of pyridine rings is 1. The van der Waals surface area contributed by atoms with Gasteiger partial charge in [0, 0.05) is 12.1 Å². The van der Waals surface area contributed by atoms with Crippen LogP contribution in [0.5, 0.6) is 11.5 Å². The molecule has 1 amide bonds. The van der Waals surface area contributed by atoms with Gasteiger partial charge in [-0.25, -0.2) is 4.98 Å². The number of hydrogen-bond donors (Lipinski definition) is 2. The number of methoxy groups -OCH3 is 1. The van der Waals surface area contributed by atoms with E-state index in [0.717, 1.165) is 22.7 Å². The first kappa shape index (κ1) is 19.2. The Labute approximate surface area is 164 Å². The second-order valence-corrected chi connectivity index (χ2v) is 6.15. The molecule has 1 heterocycles. The summed E-state index contributed by atoms with van der Waals surface area (Å²) in [4.78, 5) is 16.6. The van der Waals surface area contributed by atoms with Gasteiger partial charge in [-0.3, -0.25) is 4.79 Å². The highest BCUT2D eigenvalue weighted by atomic mass is 16.5. The Hall–Kier alpha value is -3.54. The zero-order valence-electron chi connectivity index (χ0n) is 15.9. The third kappa shape index (κ3) is 5.23. The number of aryl methyl sites for hydroxylation is 1. The quantitative estimate of drug-likeness (QED) is 0.577. The van der Waals surface area contributed by atoms with Gasteiger partial charge in [0.05, 0.1) is 19.0 Å². The van der Waals surface area contributed by atoms with E-state index in [1.165, 1.54) is 0 Å². The van der Waals surface area contributed by atoms with E-state index in [4.69, 9.17) is 9.47 Å². The van der Waals surface area contributed by atoms with E-state index < -0.39 is 0 Å². The molecule has 0 saturated carbocycles. The molecule has 3 rings (SSSR count). The van der Waals surface area contributed by atoms with Gasteiger partial charge in [-0.15, -0.1) is 0 Å². The zero-order valence-corrected chi connectivity index (χ0v) is 15.9. The van der Waals surface area contributed by atoms with Gasteiger partial charge >= 0.3 is 0 Å². The number of nitrogens with zero attached hydrogens (tertiary/aromatic N) is 1. The number of ether oxygens (including phenoxy) is 2. The lowest BCUT2D eigenvalue weighted by molar-refractivity contribution is 0.102. The van der Waals surface area contributed by atoms with Crippen molar-refractivity contribution in [3.05, 3.63) is 78.0 Å². The van der Waals surface area contributed by atoms with Crippen molar-refractivity contribution >= 4 is 17.4 Å². The molecule has 0 aliphatic carbocycles. The fourth-order valence-electron chi connectivity index (χ4n) is 2.62. The summed E-state index contributed by atoms with van der Waals surface area (Å²) in [5, 5.41) is 6.05. The van der Waals surface area contributed by atoms with Crippen LogP contribution in [0.15, 0.2) is 66.9 Å². The van der Waals surface area contributed by atoms with Crippen molar-refractivity contribution < 1.29 is 14.3 Å². The second kappa shape index (κ2) is 9.41. The van der Waals surface area contributed by atoms with E-state index in [1.54, 1.807) is 25.4 Å². The molecular formula is C22H23N3O3. The van der Waals surface area contributed by atoms with Gasteiger partial charge < -0.3 is 20.1 Å². The molecule has 6 heteroatoms. The third-order valence-corrected chi connectivity index (χ3v) is 4.15. The highest BCUT2D eigenvalue weighted by Gasteiger charge is 2.09. The van der Waals surface area contributed by atoms with Crippen LogP contribution in [0.3, 0.4) is 0 Å². The Morgan fingerprint density at radius 1 is 1.00 bits per heavy atom. The molecule has 0 unspecified atom stereocenters. The lowest BCUT2D eigenvalue weighted by Gasteiger charge is -2.10. The minimum Gasteiger partial charge on any atom is -0.497 e. The van der Waals surface area contributed by atoms with Crippen LogP contribution in [0, 0.1) is 6.92 Å². The van der Waals surface area contributed by atoms with Gasteiger partial charge in [-0.2, -0.15) is 0 Å². The third-order valence-electron chi connectivity index (χ3n) is 4.15. The summed E-state index contributed by atoms with van der Waals surface area (Å²) in [6.07, 6.45) is 1.68. The molecule has 0 bridgehead atoms. The van der Waals surface area contributed by atoms with Crippen molar-refractivity contribution in [1.29, 1.82) is 0 Å². The number of aromatic nitrogens is 1. The summed E-state index contributed by atoms with van der Waals surface area (Å²) in [6.45, 7) is 3.05. The van der Waals surface area contributed by atoms with Crippen LogP contribution in [0.4, 0.5) is 11.5 Å². The largest absolute Gasteiger partial charge is 0.497 e. The monoisotopic (exact) mass is 377 g/mol. The first-order valence-corrected chi connectivity index (χ1v) is 8.99. The molecule has 0 spiro atoms. The molecule has 6 nitrogen and oxygen atoms in total. The molecular weight excluding hydrogens is 354 g/mol.